The van der Waals surface area contributed by atoms with E-state index < -0.39 is 0 Å². The molecule has 1 rings (SSSR count). The molecule has 0 bridgehead atoms. The third kappa shape index (κ3) is 8.71. The molecule has 0 saturated heterocycles. The van der Waals surface area contributed by atoms with Crippen LogP contribution < -0.4 is 0 Å². The summed E-state index contributed by atoms with van der Waals surface area (Å²) >= 11 is 0. The van der Waals surface area contributed by atoms with Crippen molar-refractivity contribution in [1.82, 2.24) is 0 Å². The van der Waals surface area contributed by atoms with E-state index in [9.17, 15) is 0 Å². The molecular formula is C21H34N2O2. The zero-order chi connectivity index (χ0) is 18.3. The van der Waals surface area contributed by atoms with Gasteiger partial charge in [-0.25, -0.2) is 0 Å². The van der Waals surface area contributed by atoms with Crippen molar-refractivity contribution in [2.45, 2.75) is 84.5 Å². The average Bonchev–Trinajstić information content (AvgIpc) is 2.64. The van der Waals surface area contributed by atoms with Gasteiger partial charge in [-0.2, -0.15) is 0 Å². The van der Waals surface area contributed by atoms with Crippen molar-refractivity contribution in [3.63, 3.8) is 0 Å². The minimum atomic E-state index is 0.296. The number of unbranched alkanes of at least 4 members (excludes halogenated alkanes) is 9. The average molecular weight is 347 g/mol. The summed E-state index contributed by atoms with van der Waals surface area (Å²) in [6, 6.07) is 7.93. The van der Waals surface area contributed by atoms with E-state index in [0.29, 0.717) is 11.4 Å². The lowest BCUT2D eigenvalue weighted by Gasteiger charge is -2.06. The van der Waals surface area contributed by atoms with E-state index >= 15 is 0 Å². The summed E-state index contributed by atoms with van der Waals surface area (Å²) in [7, 11) is 0. The SMILES string of the molecule is CCCCCCCCCCCCc1ccc(C(=N/O)/C(C)=N\O)cc1. The van der Waals surface area contributed by atoms with E-state index in [1.54, 1.807) is 6.92 Å². The van der Waals surface area contributed by atoms with Crippen LogP contribution in [0.2, 0.25) is 0 Å². The first-order chi connectivity index (χ1) is 12.2. The maximum absolute atomic E-state index is 9.05. The quantitative estimate of drug-likeness (QED) is 0.194. The van der Waals surface area contributed by atoms with Crippen molar-refractivity contribution in [2.75, 3.05) is 0 Å². The van der Waals surface area contributed by atoms with Crippen molar-refractivity contribution in [3.8, 4) is 0 Å². The fourth-order valence-electron chi connectivity index (χ4n) is 3.03. The van der Waals surface area contributed by atoms with Gasteiger partial charge in [0, 0.05) is 5.56 Å². The van der Waals surface area contributed by atoms with E-state index in [0.717, 1.165) is 12.0 Å². The molecule has 0 fully saturated rings. The summed E-state index contributed by atoms with van der Waals surface area (Å²) in [5, 5.41) is 24.2. The lowest BCUT2D eigenvalue weighted by molar-refractivity contribution is 0.314. The second kappa shape index (κ2) is 13.5. The van der Waals surface area contributed by atoms with Crippen molar-refractivity contribution in [2.24, 2.45) is 10.3 Å². The molecule has 0 atom stereocenters. The third-order valence-corrected chi connectivity index (χ3v) is 4.64. The molecule has 4 nitrogen and oxygen atoms in total. The molecule has 0 aliphatic rings. The lowest BCUT2D eigenvalue weighted by atomic mass is 10.0. The number of rotatable bonds is 13. The molecule has 0 saturated carbocycles. The minimum Gasteiger partial charge on any atom is -0.411 e. The second-order valence-electron chi connectivity index (χ2n) is 6.76. The van der Waals surface area contributed by atoms with Gasteiger partial charge in [-0.15, -0.1) is 0 Å². The molecule has 1 aromatic rings. The summed E-state index contributed by atoms with van der Waals surface area (Å²) in [6.07, 6.45) is 14.6. The molecule has 0 aliphatic carbocycles. The van der Waals surface area contributed by atoms with Gasteiger partial charge in [-0.05, 0) is 25.3 Å². The first kappa shape index (κ1) is 21.2. The normalized spacial score (nSPS) is 12.6. The highest BCUT2D eigenvalue weighted by atomic mass is 16.4. The maximum Gasteiger partial charge on any atom is 0.134 e. The number of benzene rings is 1. The van der Waals surface area contributed by atoms with Gasteiger partial charge in [0.15, 0.2) is 0 Å². The Morgan fingerprint density at radius 1 is 0.760 bits per heavy atom. The smallest absolute Gasteiger partial charge is 0.134 e. The molecule has 1 aromatic carbocycles. The fraction of sp³-hybridized carbons (Fsp3) is 0.619. The van der Waals surface area contributed by atoms with Crippen LogP contribution in [-0.4, -0.2) is 21.8 Å². The lowest BCUT2D eigenvalue weighted by Crippen LogP contribution is -2.12. The van der Waals surface area contributed by atoms with Crippen LogP contribution in [0.1, 0.15) is 89.2 Å². The molecule has 0 heterocycles. The summed E-state index contributed by atoms with van der Waals surface area (Å²) in [5.41, 5.74) is 2.64. The fourth-order valence-corrected chi connectivity index (χ4v) is 3.03. The number of nitrogens with zero attached hydrogens (tertiary/aromatic N) is 2. The van der Waals surface area contributed by atoms with Gasteiger partial charge >= 0.3 is 0 Å². The van der Waals surface area contributed by atoms with Gasteiger partial charge in [0.2, 0.25) is 0 Å². The van der Waals surface area contributed by atoms with Crippen molar-refractivity contribution < 1.29 is 10.4 Å². The van der Waals surface area contributed by atoms with Crippen LogP contribution >= 0.6 is 0 Å². The third-order valence-electron chi connectivity index (χ3n) is 4.64. The molecule has 0 amide bonds. The van der Waals surface area contributed by atoms with Gasteiger partial charge in [0.1, 0.15) is 11.4 Å². The van der Waals surface area contributed by atoms with E-state index in [4.69, 9.17) is 10.4 Å². The predicted octanol–water partition coefficient (Wildman–Crippen LogP) is 6.18. The van der Waals surface area contributed by atoms with E-state index in [1.165, 1.54) is 69.8 Å². The van der Waals surface area contributed by atoms with Crippen molar-refractivity contribution in [3.05, 3.63) is 35.4 Å². The zero-order valence-electron chi connectivity index (χ0n) is 15.9. The monoisotopic (exact) mass is 346 g/mol. The molecule has 25 heavy (non-hydrogen) atoms. The number of hydrogen-bond acceptors (Lipinski definition) is 4. The van der Waals surface area contributed by atoms with E-state index in [1.807, 2.05) is 12.1 Å². The molecule has 4 heteroatoms. The molecule has 2 N–H and O–H groups in total. The Morgan fingerprint density at radius 3 is 1.76 bits per heavy atom. The van der Waals surface area contributed by atoms with Crippen LogP contribution in [0, 0.1) is 0 Å². The minimum absolute atomic E-state index is 0.296. The molecule has 0 aliphatic heterocycles. The number of oxime groups is 2. The van der Waals surface area contributed by atoms with Gasteiger partial charge in [0.25, 0.3) is 0 Å². The Labute approximate surface area is 152 Å². The highest BCUT2D eigenvalue weighted by Gasteiger charge is 2.08. The Hall–Kier alpha value is -1.84. The highest BCUT2D eigenvalue weighted by molar-refractivity contribution is 6.47. The summed E-state index contributed by atoms with van der Waals surface area (Å²) < 4.78 is 0. The Morgan fingerprint density at radius 2 is 1.28 bits per heavy atom. The number of hydrogen-bond donors (Lipinski definition) is 2. The Bertz CT molecular complexity index is 521. The van der Waals surface area contributed by atoms with Crippen molar-refractivity contribution in [1.29, 1.82) is 0 Å². The summed E-state index contributed by atoms with van der Waals surface area (Å²) in [4.78, 5) is 0. The van der Waals surface area contributed by atoms with Crippen LogP contribution in [0.15, 0.2) is 34.6 Å². The second-order valence-corrected chi connectivity index (χ2v) is 6.76. The van der Waals surface area contributed by atoms with Crippen LogP contribution in [-0.2, 0) is 6.42 Å². The van der Waals surface area contributed by atoms with E-state index in [2.05, 4.69) is 29.4 Å². The van der Waals surface area contributed by atoms with E-state index in [-0.39, 0.29) is 0 Å². The molecule has 0 radical (unpaired) electrons. The number of aryl methyl sites for hydroxylation is 1. The Kier molecular flexibility index (Phi) is 11.4. The van der Waals surface area contributed by atoms with Crippen molar-refractivity contribution >= 4 is 11.4 Å². The molecule has 140 valence electrons. The van der Waals surface area contributed by atoms with Gasteiger partial charge in [0.05, 0.1) is 0 Å². The molecule has 0 unspecified atom stereocenters. The Balaban J connectivity index is 2.20. The van der Waals surface area contributed by atoms with Gasteiger partial charge < -0.3 is 10.4 Å². The topological polar surface area (TPSA) is 65.2 Å². The summed E-state index contributed by atoms with van der Waals surface area (Å²) in [5.74, 6) is 0. The molecule has 0 aromatic heterocycles. The maximum atomic E-state index is 9.05. The molecule has 0 spiro atoms. The zero-order valence-corrected chi connectivity index (χ0v) is 15.9. The standard InChI is InChI=1S/C21H34N2O2/c1-3-4-5-6-7-8-9-10-11-12-13-19-14-16-20(17-15-19)21(23-25)18(2)22-24/h14-17,24-25H,3-13H2,1-2H3/b22-18-,23-21+. The van der Waals surface area contributed by atoms with Crippen LogP contribution in [0.3, 0.4) is 0 Å². The molecular weight excluding hydrogens is 312 g/mol. The first-order valence-electron chi connectivity index (χ1n) is 9.73. The van der Waals surface area contributed by atoms with Crippen LogP contribution in [0.25, 0.3) is 0 Å². The first-order valence-corrected chi connectivity index (χ1v) is 9.73. The highest BCUT2D eigenvalue weighted by Crippen LogP contribution is 2.13. The van der Waals surface area contributed by atoms with Gasteiger partial charge in [-0.1, -0.05) is 99.3 Å². The predicted molar refractivity (Wildman–Crippen MR) is 105 cm³/mol. The van der Waals surface area contributed by atoms with Crippen LogP contribution in [0.4, 0.5) is 0 Å². The van der Waals surface area contributed by atoms with Gasteiger partial charge in [-0.3, -0.25) is 0 Å². The largest absolute Gasteiger partial charge is 0.411 e. The summed E-state index contributed by atoms with van der Waals surface area (Å²) in [6.45, 7) is 3.86. The van der Waals surface area contributed by atoms with Crippen LogP contribution in [0.5, 0.6) is 0 Å².